The van der Waals surface area contributed by atoms with Gasteiger partial charge in [0.2, 0.25) is 0 Å². The number of aromatic nitrogens is 3. The summed E-state index contributed by atoms with van der Waals surface area (Å²) < 4.78 is 7.43. The fourth-order valence-corrected chi connectivity index (χ4v) is 18.2. The highest BCUT2D eigenvalue weighted by atomic mass is 28.3. The number of nitrogens with zero attached hydrogens (tertiary/aromatic N) is 3. The molecule has 0 bridgehead atoms. The summed E-state index contributed by atoms with van der Waals surface area (Å²) in [7, 11) is -2.87. The molecule has 0 amide bonds. The predicted molar refractivity (Wildman–Crippen MR) is 349 cm³/mol. The van der Waals surface area contributed by atoms with Crippen LogP contribution in [0.1, 0.15) is 0 Å². The minimum Gasteiger partial charge on any atom is -0.309 e. The maximum atomic E-state index is 2.51. The highest BCUT2D eigenvalue weighted by Crippen LogP contribution is 2.41. The van der Waals surface area contributed by atoms with E-state index >= 15 is 0 Å². The molecule has 3 nitrogen and oxygen atoms in total. The van der Waals surface area contributed by atoms with Crippen LogP contribution in [0.15, 0.2) is 322 Å². The summed E-state index contributed by atoms with van der Waals surface area (Å²) in [5.74, 6) is 0. The summed E-state index contributed by atoms with van der Waals surface area (Å²) >= 11 is 0. The van der Waals surface area contributed by atoms with Crippen LogP contribution in [0.3, 0.4) is 0 Å². The van der Waals surface area contributed by atoms with Gasteiger partial charge in [0.05, 0.1) is 33.1 Å². The van der Waals surface area contributed by atoms with Crippen molar-refractivity contribution >= 4 is 94.2 Å². The molecule has 384 valence electrons. The van der Waals surface area contributed by atoms with Gasteiger partial charge in [-0.2, -0.15) is 0 Å². The van der Waals surface area contributed by atoms with Gasteiger partial charge in [-0.25, -0.2) is 0 Å². The van der Waals surface area contributed by atoms with Crippen molar-refractivity contribution < 1.29 is 0 Å². The van der Waals surface area contributed by atoms with E-state index in [0.29, 0.717) is 0 Å². The first kappa shape index (κ1) is 47.5. The minimum atomic E-state index is -2.87. The predicted octanol–water partition coefficient (Wildman–Crippen LogP) is 17.4. The lowest BCUT2D eigenvalue weighted by Gasteiger charge is -2.34. The Balaban J connectivity index is 0.917. The van der Waals surface area contributed by atoms with Crippen molar-refractivity contribution in [2.45, 2.75) is 0 Å². The van der Waals surface area contributed by atoms with Crippen LogP contribution < -0.4 is 20.7 Å². The number of hydrogen-bond donors (Lipinski definition) is 0. The summed E-state index contributed by atoms with van der Waals surface area (Å²) in [6.07, 6.45) is 0. The third kappa shape index (κ3) is 7.57. The summed E-state index contributed by atoms with van der Waals surface area (Å²) in [6, 6.07) is 120. The Labute approximate surface area is 477 Å². The molecule has 0 fully saturated rings. The Kier molecular flexibility index (Phi) is 11.2. The molecule has 0 aliphatic heterocycles. The average molecular weight is 1060 g/mol. The summed E-state index contributed by atoms with van der Waals surface area (Å²) in [4.78, 5) is 0. The number of rotatable bonds is 10. The molecule has 0 aliphatic rings. The van der Waals surface area contributed by atoms with Crippen LogP contribution in [0.2, 0.25) is 0 Å². The number of fused-ring (bicyclic) bond motifs is 9. The van der Waals surface area contributed by atoms with E-state index in [1.807, 2.05) is 0 Å². The van der Waals surface area contributed by atoms with Gasteiger partial charge in [-0.15, -0.1) is 0 Å². The Morgan fingerprint density at radius 2 is 0.500 bits per heavy atom. The average Bonchev–Trinajstić information content (AvgIpc) is 4.17. The lowest BCUT2D eigenvalue weighted by atomic mass is 10.0. The second-order valence-electron chi connectivity index (χ2n) is 21.6. The standard InChI is InChI=1S/C78H53N3Si/c1-5-21-54(22-6-1)56-37-43-65(44-38-56)82(63-25-9-3-10-26-63,64-27-11-4-12-28-64)66-45-39-57(40-46-66)59-49-61(80-73-33-17-13-29-67(73)68-30-14-18-34-74(68)80)52-62(50-59)81-75-35-19-15-31-69(75)71-47-42-60(53-78(71)81)79-76-36-20-16-32-70(76)72-51-58(41-48-77(72)79)55-23-7-2-8-24-55/h1-53H. The van der Waals surface area contributed by atoms with E-state index in [0.717, 1.165) is 39.2 Å². The number of benzene rings is 13. The maximum absolute atomic E-state index is 2.87. The fourth-order valence-electron chi connectivity index (χ4n) is 13.5. The van der Waals surface area contributed by atoms with Gasteiger partial charge in [0.1, 0.15) is 0 Å². The highest BCUT2D eigenvalue weighted by Gasteiger charge is 2.41. The lowest BCUT2D eigenvalue weighted by Crippen LogP contribution is -2.74. The molecule has 82 heavy (non-hydrogen) atoms. The second kappa shape index (κ2) is 19.4. The second-order valence-corrected chi connectivity index (χ2v) is 25.4. The monoisotopic (exact) mass is 1060 g/mol. The summed E-state index contributed by atoms with van der Waals surface area (Å²) in [5, 5.41) is 12.7. The van der Waals surface area contributed by atoms with E-state index in [4.69, 9.17) is 0 Å². The van der Waals surface area contributed by atoms with Gasteiger partial charge in [-0.1, -0.05) is 255 Å². The Morgan fingerprint density at radius 1 is 0.171 bits per heavy atom. The minimum absolute atomic E-state index is 1.09. The first-order chi connectivity index (χ1) is 40.7. The normalized spacial score (nSPS) is 11.9. The zero-order valence-electron chi connectivity index (χ0n) is 44.9. The molecule has 0 saturated carbocycles. The smallest absolute Gasteiger partial charge is 0.179 e. The summed E-state index contributed by atoms with van der Waals surface area (Å²) in [6.45, 7) is 0. The van der Waals surface area contributed by atoms with Crippen LogP contribution in [-0.2, 0) is 0 Å². The number of para-hydroxylation sites is 4. The van der Waals surface area contributed by atoms with Crippen molar-refractivity contribution in [1.82, 2.24) is 13.7 Å². The molecule has 4 heteroatoms. The Hall–Kier alpha value is -10.5. The largest absolute Gasteiger partial charge is 0.309 e. The van der Waals surface area contributed by atoms with Crippen molar-refractivity contribution in [3.63, 3.8) is 0 Å². The lowest BCUT2D eigenvalue weighted by molar-refractivity contribution is 1.13. The van der Waals surface area contributed by atoms with Gasteiger partial charge in [0.15, 0.2) is 8.07 Å². The molecule has 3 heterocycles. The third-order valence-corrected chi connectivity index (χ3v) is 22.0. The third-order valence-electron chi connectivity index (χ3n) is 17.2. The fraction of sp³-hybridized carbons (Fsp3) is 0. The molecule has 0 radical (unpaired) electrons. The van der Waals surface area contributed by atoms with Gasteiger partial charge in [-0.05, 0) is 121 Å². The molecule has 0 saturated heterocycles. The molecule has 0 N–H and O–H groups in total. The molecule has 16 rings (SSSR count). The van der Waals surface area contributed by atoms with E-state index in [2.05, 4.69) is 335 Å². The number of hydrogen-bond acceptors (Lipinski definition) is 0. The van der Waals surface area contributed by atoms with E-state index < -0.39 is 8.07 Å². The SMILES string of the molecule is c1ccc(-c2ccc([Si](c3ccccc3)(c3ccccc3)c3ccc(-c4cc(-n5c6ccccc6c6ccccc65)cc(-n5c6ccccc6c6ccc(-n7c8ccccc8c8cc(-c9ccccc9)ccc87)cc65)c4)cc3)cc2)cc1. The molecule has 0 unspecified atom stereocenters. The Morgan fingerprint density at radius 3 is 0.988 bits per heavy atom. The van der Waals surface area contributed by atoms with Crippen molar-refractivity contribution in [3.8, 4) is 50.4 Å². The van der Waals surface area contributed by atoms with Crippen LogP contribution >= 0.6 is 0 Å². The van der Waals surface area contributed by atoms with Gasteiger partial charge >= 0.3 is 0 Å². The first-order valence-corrected chi connectivity index (χ1v) is 30.3. The van der Waals surface area contributed by atoms with Gasteiger partial charge in [-0.3, -0.25) is 0 Å². The molecule has 0 spiro atoms. The van der Waals surface area contributed by atoms with Gasteiger partial charge < -0.3 is 13.7 Å². The quantitative estimate of drug-likeness (QED) is 0.0958. The van der Waals surface area contributed by atoms with Crippen molar-refractivity contribution in [2.24, 2.45) is 0 Å². The van der Waals surface area contributed by atoms with Crippen molar-refractivity contribution in [1.29, 1.82) is 0 Å². The molecular weight excluding hydrogens is 1010 g/mol. The Bertz CT molecular complexity index is 4960. The van der Waals surface area contributed by atoms with Crippen molar-refractivity contribution in [3.05, 3.63) is 322 Å². The summed E-state index contributed by atoms with van der Waals surface area (Å²) in [5.41, 5.74) is 17.5. The van der Waals surface area contributed by atoms with Crippen LogP contribution in [0.25, 0.3) is 116 Å². The molecule has 16 aromatic rings. The molecular formula is C78H53N3Si. The van der Waals surface area contributed by atoms with E-state index in [1.54, 1.807) is 0 Å². The van der Waals surface area contributed by atoms with E-state index in [-0.39, 0.29) is 0 Å². The molecule has 0 atom stereocenters. The van der Waals surface area contributed by atoms with Crippen LogP contribution in [0.5, 0.6) is 0 Å². The van der Waals surface area contributed by atoms with Crippen LogP contribution in [0, 0.1) is 0 Å². The zero-order chi connectivity index (χ0) is 54.1. The molecule has 13 aromatic carbocycles. The van der Waals surface area contributed by atoms with Crippen LogP contribution in [-0.4, -0.2) is 21.8 Å². The first-order valence-electron chi connectivity index (χ1n) is 28.3. The zero-order valence-corrected chi connectivity index (χ0v) is 45.9. The highest BCUT2D eigenvalue weighted by molar-refractivity contribution is 7.19. The van der Waals surface area contributed by atoms with Crippen LogP contribution in [0.4, 0.5) is 0 Å². The maximum Gasteiger partial charge on any atom is 0.179 e. The van der Waals surface area contributed by atoms with E-state index in [1.165, 1.54) is 97.4 Å². The molecule has 0 aliphatic carbocycles. The van der Waals surface area contributed by atoms with Gasteiger partial charge in [0, 0.05) is 49.4 Å². The van der Waals surface area contributed by atoms with Crippen molar-refractivity contribution in [2.75, 3.05) is 0 Å². The topological polar surface area (TPSA) is 14.8 Å². The molecule has 3 aromatic heterocycles. The van der Waals surface area contributed by atoms with E-state index in [9.17, 15) is 0 Å². The van der Waals surface area contributed by atoms with Gasteiger partial charge in [0.25, 0.3) is 0 Å².